The Morgan fingerprint density at radius 3 is 2.20 bits per heavy atom. The summed E-state index contributed by atoms with van der Waals surface area (Å²) in [5, 5.41) is 11.0. The molecule has 4 rings (SSSR count). The van der Waals surface area contributed by atoms with Crippen molar-refractivity contribution in [2.45, 2.75) is 105 Å². The minimum atomic E-state index is 0.0331. The Labute approximate surface area is 270 Å². The van der Waals surface area contributed by atoms with Crippen molar-refractivity contribution >= 4 is 11.4 Å². The number of benzene rings is 2. The molecule has 3 N–H and O–H groups in total. The standard InChI is InChI=1S/C41H61N3/c1-9-10-11-12-13-32(5)43-37-19-14-34(15-20-37)26-35-16-21-38(22-17-35)44-33(6)41(7,8)27-30(3)24-29(2)25-36-18-23-39-31(4)28-42-40(36)39/h9,14-17,19-22,29-31,36,39-40,42-44H,1,5-6,10-13,18,23-28H2,2-4,7-8H3. The molecule has 2 aromatic carbocycles. The Morgan fingerprint density at radius 1 is 0.932 bits per heavy atom. The molecule has 0 spiro atoms. The molecule has 2 fully saturated rings. The van der Waals surface area contributed by atoms with Crippen LogP contribution in [0.3, 0.4) is 0 Å². The van der Waals surface area contributed by atoms with Gasteiger partial charge in [0.2, 0.25) is 0 Å². The Morgan fingerprint density at radius 2 is 1.57 bits per heavy atom. The van der Waals surface area contributed by atoms with E-state index >= 15 is 0 Å². The highest BCUT2D eigenvalue weighted by molar-refractivity contribution is 5.52. The van der Waals surface area contributed by atoms with E-state index in [1.165, 1.54) is 49.8 Å². The normalized spacial score (nSPS) is 22.7. The number of nitrogens with one attached hydrogen (secondary N) is 3. The fraction of sp³-hybridized carbons (Fsp3) is 0.561. The minimum Gasteiger partial charge on any atom is -0.359 e. The zero-order valence-corrected chi connectivity index (χ0v) is 28.6. The molecule has 2 aromatic rings. The van der Waals surface area contributed by atoms with E-state index in [1.807, 2.05) is 6.08 Å². The van der Waals surface area contributed by atoms with Crippen LogP contribution in [0.1, 0.15) is 104 Å². The average Bonchev–Trinajstić information content (AvgIpc) is 3.55. The molecule has 6 unspecified atom stereocenters. The molecule has 1 heterocycles. The quantitative estimate of drug-likeness (QED) is 0.118. The molecule has 0 radical (unpaired) electrons. The number of rotatable bonds is 18. The van der Waals surface area contributed by atoms with Crippen LogP contribution in [-0.4, -0.2) is 12.6 Å². The lowest BCUT2D eigenvalue weighted by Crippen LogP contribution is -2.31. The van der Waals surface area contributed by atoms with Crippen LogP contribution in [0.25, 0.3) is 0 Å². The van der Waals surface area contributed by atoms with Gasteiger partial charge in [-0.1, -0.05) is 78.1 Å². The smallest absolute Gasteiger partial charge is 0.0381 e. The summed E-state index contributed by atoms with van der Waals surface area (Å²) in [7, 11) is 0. The summed E-state index contributed by atoms with van der Waals surface area (Å²) in [4.78, 5) is 0. The van der Waals surface area contributed by atoms with Gasteiger partial charge >= 0.3 is 0 Å². The predicted octanol–water partition coefficient (Wildman–Crippen LogP) is 11.0. The third-order valence-electron chi connectivity index (χ3n) is 10.5. The largest absolute Gasteiger partial charge is 0.359 e. The molecule has 1 aliphatic carbocycles. The van der Waals surface area contributed by atoms with Crippen molar-refractivity contribution in [1.29, 1.82) is 0 Å². The van der Waals surface area contributed by atoms with Gasteiger partial charge in [-0.05, 0) is 136 Å². The Kier molecular flexibility index (Phi) is 12.4. The maximum absolute atomic E-state index is 4.49. The van der Waals surface area contributed by atoms with E-state index in [1.54, 1.807) is 0 Å². The van der Waals surface area contributed by atoms with Gasteiger partial charge in [-0.25, -0.2) is 0 Å². The van der Waals surface area contributed by atoms with Gasteiger partial charge in [0.1, 0.15) is 0 Å². The molecule has 1 saturated carbocycles. The van der Waals surface area contributed by atoms with E-state index < -0.39 is 0 Å². The fourth-order valence-electron chi connectivity index (χ4n) is 8.07. The van der Waals surface area contributed by atoms with Crippen LogP contribution in [0.2, 0.25) is 0 Å². The van der Waals surface area contributed by atoms with Crippen LogP contribution >= 0.6 is 0 Å². The summed E-state index contributed by atoms with van der Waals surface area (Å²) in [6, 6.07) is 18.4. The Balaban J connectivity index is 1.19. The van der Waals surface area contributed by atoms with Crippen molar-refractivity contribution in [3.05, 3.63) is 96.9 Å². The topological polar surface area (TPSA) is 36.1 Å². The third kappa shape index (κ3) is 9.86. The first kappa shape index (κ1) is 34.1. The lowest BCUT2D eigenvalue weighted by molar-refractivity contribution is 0.256. The molecule has 44 heavy (non-hydrogen) atoms. The van der Waals surface area contributed by atoms with Crippen molar-refractivity contribution in [3.63, 3.8) is 0 Å². The second-order valence-corrected chi connectivity index (χ2v) is 15.1. The molecule has 1 saturated heterocycles. The van der Waals surface area contributed by atoms with Crippen LogP contribution in [0.5, 0.6) is 0 Å². The highest BCUT2D eigenvalue weighted by Crippen LogP contribution is 2.43. The van der Waals surface area contributed by atoms with Crippen LogP contribution in [0.15, 0.2) is 85.7 Å². The first-order chi connectivity index (χ1) is 21.0. The summed E-state index contributed by atoms with van der Waals surface area (Å²) in [6.45, 7) is 25.8. The molecule has 2 aliphatic rings. The molecule has 3 heteroatoms. The van der Waals surface area contributed by atoms with Gasteiger partial charge in [0.25, 0.3) is 0 Å². The summed E-state index contributed by atoms with van der Waals surface area (Å²) in [5.74, 6) is 4.12. The first-order valence-electron chi connectivity index (χ1n) is 17.5. The summed E-state index contributed by atoms with van der Waals surface area (Å²) in [6.07, 6.45) is 14.0. The Hall–Kier alpha value is -2.78. The third-order valence-corrected chi connectivity index (χ3v) is 10.5. The lowest BCUT2D eigenvalue weighted by atomic mass is 9.77. The highest BCUT2D eigenvalue weighted by atomic mass is 15.0. The maximum atomic E-state index is 4.49. The van der Waals surface area contributed by atoms with Crippen molar-refractivity contribution in [3.8, 4) is 0 Å². The van der Waals surface area contributed by atoms with Gasteiger partial charge in [-0.15, -0.1) is 6.58 Å². The molecule has 1 aliphatic heterocycles. The summed E-state index contributed by atoms with van der Waals surface area (Å²) in [5.41, 5.74) is 7.06. The van der Waals surface area contributed by atoms with Gasteiger partial charge < -0.3 is 16.0 Å². The van der Waals surface area contributed by atoms with Crippen LogP contribution in [0, 0.1) is 35.0 Å². The number of hydrogen-bond donors (Lipinski definition) is 3. The highest BCUT2D eigenvalue weighted by Gasteiger charge is 2.43. The van der Waals surface area contributed by atoms with Crippen molar-refractivity contribution < 1.29 is 0 Å². The maximum Gasteiger partial charge on any atom is 0.0381 e. The number of fused-ring (bicyclic) bond motifs is 1. The van der Waals surface area contributed by atoms with Gasteiger partial charge in [-0.2, -0.15) is 0 Å². The molecule has 3 nitrogen and oxygen atoms in total. The number of anilines is 2. The van der Waals surface area contributed by atoms with Gasteiger partial charge in [0, 0.05) is 34.2 Å². The molecular formula is C41H61N3. The lowest BCUT2D eigenvalue weighted by Gasteiger charge is -2.32. The van der Waals surface area contributed by atoms with Crippen LogP contribution in [0.4, 0.5) is 11.4 Å². The number of unbranched alkanes of at least 4 members (excludes halogenated alkanes) is 2. The van der Waals surface area contributed by atoms with E-state index in [-0.39, 0.29) is 5.41 Å². The first-order valence-corrected chi connectivity index (χ1v) is 17.5. The van der Waals surface area contributed by atoms with Crippen molar-refractivity contribution in [2.24, 2.45) is 35.0 Å². The Bertz CT molecular complexity index is 1210. The SMILES string of the molecule is C=CCCCCC(=C)Nc1ccc(Cc2ccc(NC(=C)C(C)(C)CC(C)CC(C)CC3CCC4C(C)CNC34)cc2)cc1. The van der Waals surface area contributed by atoms with E-state index in [0.29, 0.717) is 5.92 Å². The minimum absolute atomic E-state index is 0.0331. The van der Waals surface area contributed by atoms with Crippen molar-refractivity contribution in [1.82, 2.24) is 5.32 Å². The molecular weight excluding hydrogens is 534 g/mol. The molecule has 240 valence electrons. The second kappa shape index (κ2) is 16.0. The molecule has 0 aromatic heterocycles. The molecule has 6 atom stereocenters. The number of allylic oxidation sites excluding steroid dienone is 3. The average molecular weight is 596 g/mol. The zero-order chi connectivity index (χ0) is 31.7. The number of hydrogen-bond acceptors (Lipinski definition) is 3. The fourth-order valence-corrected chi connectivity index (χ4v) is 8.07. The van der Waals surface area contributed by atoms with E-state index in [9.17, 15) is 0 Å². The van der Waals surface area contributed by atoms with Crippen LogP contribution in [-0.2, 0) is 6.42 Å². The van der Waals surface area contributed by atoms with E-state index in [4.69, 9.17) is 0 Å². The predicted molar refractivity (Wildman–Crippen MR) is 193 cm³/mol. The van der Waals surface area contributed by atoms with Crippen molar-refractivity contribution in [2.75, 3.05) is 17.2 Å². The molecule has 0 amide bonds. The van der Waals surface area contributed by atoms with Crippen LogP contribution < -0.4 is 16.0 Å². The summed E-state index contributed by atoms with van der Waals surface area (Å²) >= 11 is 0. The summed E-state index contributed by atoms with van der Waals surface area (Å²) < 4.78 is 0. The van der Waals surface area contributed by atoms with Gasteiger partial charge in [0.05, 0.1) is 0 Å². The van der Waals surface area contributed by atoms with E-state index in [0.717, 1.165) is 84.6 Å². The monoisotopic (exact) mass is 595 g/mol. The van der Waals surface area contributed by atoms with Gasteiger partial charge in [-0.3, -0.25) is 0 Å². The second-order valence-electron chi connectivity index (χ2n) is 15.1. The zero-order valence-electron chi connectivity index (χ0n) is 28.6. The molecule has 0 bridgehead atoms. The van der Waals surface area contributed by atoms with E-state index in [2.05, 4.69) is 119 Å². The van der Waals surface area contributed by atoms with Gasteiger partial charge in [0.15, 0.2) is 0 Å².